The van der Waals surface area contributed by atoms with Gasteiger partial charge in [-0.05, 0) is 50.7 Å². The predicted octanol–water partition coefficient (Wildman–Crippen LogP) is 4.99. The number of furan rings is 1. The van der Waals surface area contributed by atoms with Crippen molar-refractivity contribution < 1.29 is 36.7 Å². The molecule has 4 amide bonds. The minimum absolute atomic E-state index is 0.00593. The lowest BCUT2D eigenvalue weighted by atomic mass is 9.94. The molecular weight excluding hydrogens is 757 g/mol. The molecule has 0 unspecified atom stereocenters. The number of sulfonamides is 1. The topological polar surface area (TPSA) is 190 Å². The van der Waals surface area contributed by atoms with Gasteiger partial charge in [0, 0.05) is 40.8 Å². The zero-order valence-electron chi connectivity index (χ0n) is 31.6. The van der Waals surface area contributed by atoms with Crippen LogP contribution in [0.5, 0.6) is 5.75 Å². The van der Waals surface area contributed by atoms with Crippen LogP contribution in [-0.4, -0.2) is 82.4 Å². The van der Waals surface area contributed by atoms with Gasteiger partial charge < -0.3 is 24.7 Å². The molecule has 14 nitrogen and oxygen atoms in total. The van der Waals surface area contributed by atoms with Crippen LogP contribution in [0.1, 0.15) is 78.6 Å². The number of ether oxygens (including phenoxy) is 1. The summed E-state index contributed by atoms with van der Waals surface area (Å²) in [5.41, 5.74) is -0.104. The van der Waals surface area contributed by atoms with Gasteiger partial charge in [-0.2, -0.15) is 0 Å². The number of para-hydroxylation sites is 1. The Labute approximate surface area is 328 Å². The van der Waals surface area contributed by atoms with E-state index >= 15 is 0 Å². The highest BCUT2D eigenvalue weighted by atomic mass is 32.2. The molecule has 16 heteroatoms. The number of pyridine rings is 1. The molecule has 1 aromatic carbocycles. The van der Waals surface area contributed by atoms with Gasteiger partial charge in [-0.25, -0.2) is 18.4 Å². The second kappa shape index (κ2) is 14.6. The van der Waals surface area contributed by atoms with Crippen molar-refractivity contribution in [3.8, 4) is 16.5 Å². The van der Waals surface area contributed by atoms with E-state index in [2.05, 4.69) is 20.3 Å². The fourth-order valence-corrected chi connectivity index (χ4v) is 9.56. The largest absolute Gasteiger partial charge is 0.484 e. The number of allylic oxidation sites excluding steroid dienone is 1. The smallest absolute Gasteiger partial charge is 0.259 e. The van der Waals surface area contributed by atoms with E-state index in [-0.39, 0.29) is 25.3 Å². The lowest BCUT2D eigenvalue weighted by Crippen LogP contribution is -2.58. The number of benzene rings is 1. The molecule has 0 bridgehead atoms. The molecule has 4 aliphatic rings. The summed E-state index contributed by atoms with van der Waals surface area (Å²) in [7, 11) is -3.90. The fourth-order valence-electron chi connectivity index (χ4n) is 7.60. The summed E-state index contributed by atoms with van der Waals surface area (Å²) in [6, 6.07) is 7.24. The number of hydrogen-bond acceptors (Lipinski definition) is 11. The zero-order chi connectivity index (χ0) is 39.4. The molecule has 4 aromatic rings. The number of carbonyl (C=O) groups excluding carboxylic acids is 4. The highest BCUT2D eigenvalue weighted by molar-refractivity contribution is 7.91. The lowest BCUT2D eigenvalue weighted by Gasteiger charge is -2.31. The van der Waals surface area contributed by atoms with Gasteiger partial charge in [-0.3, -0.25) is 23.9 Å². The molecule has 5 heterocycles. The molecule has 0 spiro atoms. The number of nitrogens with zero attached hydrogens (tertiary/aromatic N) is 3. The molecule has 5 atom stereocenters. The van der Waals surface area contributed by atoms with Crippen LogP contribution in [0.4, 0.5) is 0 Å². The first-order valence-electron chi connectivity index (χ1n) is 19.3. The SMILES string of the molecule is CC(C)(C)C(=O)N[C@H]1CCCCC/C=C\[C@H]2C[C@@]2(C(=O)NS(=O)(=O)C2CC2)NC(=O)[C@@H]2C[C@@H](Oc3cc(-c4nccs4)nc4c3oc3ccccc34)CN2C1=O. The molecule has 8 rings (SSSR count). The van der Waals surface area contributed by atoms with Gasteiger partial charge in [0.25, 0.3) is 5.91 Å². The van der Waals surface area contributed by atoms with E-state index in [0.717, 1.165) is 18.2 Å². The van der Waals surface area contributed by atoms with Crippen molar-refractivity contribution in [2.75, 3.05) is 6.54 Å². The van der Waals surface area contributed by atoms with Gasteiger partial charge in [-0.15, -0.1) is 11.3 Å². The van der Waals surface area contributed by atoms with Crippen molar-refractivity contribution in [1.29, 1.82) is 0 Å². The minimum Gasteiger partial charge on any atom is -0.484 e. The highest BCUT2D eigenvalue weighted by Gasteiger charge is 2.62. The molecule has 2 aliphatic heterocycles. The summed E-state index contributed by atoms with van der Waals surface area (Å²) in [4.78, 5) is 67.1. The summed E-state index contributed by atoms with van der Waals surface area (Å²) in [6.07, 6.45) is 9.37. The first-order chi connectivity index (χ1) is 26.7. The minimum atomic E-state index is -3.90. The normalized spacial score (nSPS) is 26.7. The van der Waals surface area contributed by atoms with Crippen LogP contribution in [0.2, 0.25) is 0 Å². The second-order valence-corrected chi connectivity index (χ2v) is 19.2. The Kier molecular flexibility index (Phi) is 9.92. The highest BCUT2D eigenvalue weighted by Crippen LogP contribution is 2.46. The van der Waals surface area contributed by atoms with Crippen LogP contribution in [0.15, 0.2) is 58.5 Å². The maximum absolute atomic E-state index is 14.7. The lowest BCUT2D eigenvalue weighted by molar-refractivity contribution is -0.143. The van der Waals surface area contributed by atoms with Gasteiger partial charge in [0.15, 0.2) is 11.3 Å². The zero-order valence-corrected chi connectivity index (χ0v) is 33.2. The molecule has 3 N–H and O–H groups in total. The van der Waals surface area contributed by atoms with Crippen molar-refractivity contribution in [2.45, 2.75) is 108 Å². The Balaban J connectivity index is 1.15. The Morgan fingerprint density at radius 2 is 1.91 bits per heavy atom. The Morgan fingerprint density at radius 3 is 2.66 bits per heavy atom. The summed E-state index contributed by atoms with van der Waals surface area (Å²) < 4.78 is 41.0. The van der Waals surface area contributed by atoms with Gasteiger partial charge >= 0.3 is 0 Å². The van der Waals surface area contributed by atoms with Crippen LogP contribution in [0.25, 0.3) is 32.8 Å². The number of fused-ring (bicyclic) bond motifs is 5. The summed E-state index contributed by atoms with van der Waals surface area (Å²) in [6.45, 7) is 5.31. The van der Waals surface area contributed by atoms with E-state index in [1.54, 1.807) is 33.0 Å². The molecular formula is C40H46N6O8S2. The van der Waals surface area contributed by atoms with E-state index in [9.17, 15) is 27.6 Å². The van der Waals surface area contributed by atoms with E-state index in [4.69, 9.17) is 14.1 Å². The van der Waals surface area contributed by atoms with Crippen LogP contribution < -0.4 is 20.1 Å². The molecule has 2 aliphatic carbocycles. The molecule has 0 radical (unpaired) electrons. The number of carbonyl (C=O) groups is 4. The van der Waals surface area contributed by atoms with E-state index < -0.39 is 68.1 Å². The van der Waals surface area contributed by atoms with Gasteiger partial charge in [-0.1, -0.05) is 57.9 Å². The maximum Gasteiger partial charge on any atom is 0.259 e. The summed E-state index contributed by atoms with van der Waals surface area (Å²) in [5, 5.41) is 8.56. The molecule has 3 fully saturated rings. The number of thiazole rings is 1. The summed E-state index contributed by atoms with van der Waals surface area (Å²) in [5.74, 6) is -2.18. The van der Waals surface area contributed by atoms with Crippen LogP contribution in [0, 0.1) is 11.3 Å². The molecule has 2 saturated carbocycles. The van der Waals surface area contributed by atoms with Crippen molar-refractivity contribution in [2.24, 2.45) is 11.3 Å². The third kappa shape index (κ3) is 7.52. The number of nitrogens with one attached hydrogen (secondary N) is 3. The standard InChI is InChI=1S/C40H46N6O8S2/c1-39(2,3)37(49)43-27-13-8-6-4-5-7-11-23-21-40(23,38(50)45-56(51,52)25-15-16-25)44-34(47)29-19-24(22-46(29)36(27)48)53-31-20-28(35-41-17-18-55-35)42-32-26-12-9-10-14-30(26)54-33(31)32/h7,9-12,14,17-18,20,23-25,27,29H,4-6,8,13,15-16,19,21-22H2,1-3H3,(H,43,49)(H,44,47)(H,45,50)/b11-7-/t23-,24+,27-,29-,40+/m0/s1. The summed E-state index contributed by atoms with van der Waals surface area (Å²) >= 11 is 1.42. The van der Waals surface area contributed by atoms with Gasteiger partial charge in [0.1, 0.15) is 45.5 Å². The maximum atomic E-state index is 14.7. The average molecular weight is 803 g/mol. The predicted molar refractivity (Wildman–Crippen MR) is 210 cm³/mol. The van der Waals surface area contributed by atoms with Gasteiger partial charge in [0.05, 0.1) is 11.8 Å². The number of hydrogen-bond donors (Lipinski definition) is 3. The Bertz CT molecular complexity index is 2330. The number of amides is 4. The first kappa shape index (κ1) is 38.1. The van der Waals surface area contributed by atoms with Crippen LogP contribution in [0.3, 0.4) is 0 Å². The van der Waals surface area contributed by atoms with Crippen molar-refractivity contribution in [1.82, 2.24) is 30.2 Å². The van der Waals surface area contributed by atoms with E-state index in [1.807, 2.05) is 41.8 Å². The molecule has 56 heavy (non-hydrogen) atoms. The average Bonchev–Trinajstić information content (AvgIpc) is 3.95. The quantitative estimate of drug-likeness (QED) is 0.215. The molecule has 3 aromatic heterocycles. The second-order valence-electron chi connectivity index (χ2n) is 16.4. The van der Waals surface area contributed by atoms with Crippen molar-refractivity contribution in [3.63, 3.8) is 0 Å². The first-order valence-corrected chi connectivity index (χ1v) is 21.7. The third-order valence-electron chi connectivity index (χ3n) is 11.1. The van der Waals surface area contributed by atoms with Crippen molar-refractivity contribution in [3.05, 3.63) is 54.1 Å². The van der Waals surface area contributed by atoms with E-state index in [1.165, 1.54) is 16.2 Å². The molecule has 1 saturated heterocycles. The van der Waals surface area contributed by atoms with Crippen LogP contribution in [-0.2, 0) is 29.2 Å². The third-order valence-corrected chi connectivity index (χ3v) is 13.7. The molecule has 296 valence electrons. The van der Waals surface area contributed by atoms with Gasteiger partial charge in [0.2, 0.25) is 27.7 Å². The van der Waals surface area contributed by atoms with E-state index in [0.29, 0.717) is 65.2 Å². The number of rotatable bonds is 7. The number of aromatic nitrogens is 2. The monoisotopic (exact) mass is 802 g/mol. The van der Waals surface area contributed by atoms with Crippen LogP contribution >= 0.6 is 11.3 Å². The Hall–Kier alpha value is -4.83. The van der Waals surface area contributed by atoms with Crippen molar-refractivity contribution >= 4 is 67.1 Å². The Morgan fingerprint density at radius 1 is 1.11 bits per heavy atom. The fraction of sp³-hybridized carbons (Fsp3) is 0.500.